The van der Waals surface area contributed by atoms with Crippen molar-refractivity contribution in [3.05, 3.63) is 119 Å². The molecule has 6 aliphatic rings. The maximum absolute atomic E-state index is 2.55. The van der Waals surface area contributed by atoms with E-state index in [2.05, 4.69) is 111 Å². The molecule has 0 heterocycles. The summed E-state index contributed by atoms with van der Waals surface area (Å²) in [6, 6.07) is 38.6. The highest BCUT2D eigenvalue weighted by atomic mass is 14.6. The molecule has 10 rings (SSSR count). The molecule has 6 atom stereocenters. The minimum Gasteiger partial charge on any atom is -0.0648 e. The van der Waals surface area contributed by atoms with Gasteiger partial charge in [-0.2, -0.15) is 0 Å². The number of benzene rings is 4. The summed E-state index contributed by atoms with van der Waals surface area (Å²) in [5, 5.41) is 0. The van der Waals surface area contributed by atoms with Gasteiger partial charge in [0.15, 0.2) is 0 Å². The molecule has 48 heavy (non-hydrogen) atoms. The van der Waals surface area contributed by atoms with Crippen LogP contribution in [0.2, 0.25) is 0 Å². The average molecular weight is 631 g/mol. The first-order valence-electron chi connectivity index (χ1n) is 19.9. The Labute approximate surface area is 289 Å². The second kappa shape index (κ2) is 10.7. The molecule has 0 saturated heterocycles. The number of rotatable bonds is 9. The van der Waals surface area contributed by atoms with Crippen LogP contribution in [0.25, 0.3) is 22.3 Å². The first kappa shape index (κ1) is 29.8. The lowest BCUT2D eigenvalue weighted by molar-refractivity contribution is 0.0907. The van der Waals surface area contributed by atoms with Crippen molar-refractivity contribution >= 4 is 0 Å². The Balaban J connectivity index is 1.16. The monoisotopic (exact) mass is 630 g/mol. The van der Waals surface area contributed by atoms with Crippen LogP contribution >= 0.6 is 0 Å². The van der Waals surface area contributed by atoms with Crippen molar-refractivity contribution in [3.63, 3.8) is 0 Å². The lowest BCUT2D eigenvalue weighted by Gasteiger charge is -2.49. The van der Waals surface area contributed by atoms with E-state index in [9.17, 15) is 0 Å². The minimum absolute atomic E-state index is 0.0568. The molecule has 0 heteroatoms. The summed E-state index contributed by atoms with van der Waals surface area (Å²) >= 11 is 0. The van der Waals surface area contributed by atoms with Gasteiger partial charge in [-0.15, -0.1) is 0 Å². The van der Waals surface area contributed by atoms with Crippen molar-refractivity contribution in [1.29, 1.82) is 0 Å². The molecule has 246 valence electrons. The van der Waals surface area contributed by atoms with Gasteiger partial charge in [0.1, 0.15) is 0 Å². The van der Waals surface area contributed by atoms with Gasteiger partial charge in [-0.25, -0.2) is 0 Å². The van der Waals surface area contributed by atoms with Gasteiger partial charge in [0.25, 0.3) is 0 Å². The Bertz CT molecular complexity index is 1650. The van der Waals surface area contributed by atoms with Crippen molar-refractivity contribution in [3.8, 4) is 22.3 Å². The summed E-state index contributed by atoms with van der Waals surface area (Å²) in [7, 11) is 0. The molecule has 0 radical (unpaired) electrons. The van der Waals surface area contributed by atoms with Gasteiger partial charge in [0.05, 0.1) is 0 Å². The zero-order chi connectivity index (χ0) is 32.1. The third-order valence-corrected chi connectivity index (χ3v) is 16.3. The van der Waals surface area contributed by atoms with Crippen molar-refractivity contribution in [1.82, 2.24) is 0 Å². The zero-order valence-corrected chi connectivity index (χ0v) is 29.4. The molecule has 0 aromatic heterocycles. The fraction of sp³-hybridized carbons (Fsp3) is 0.500. The normalized spacial score (nSPS) is 32.3. The molecule has 0 N–H and O–H groups in total. The van der Waals surface area contributed by atoms with E-state index in [4.69, 9.17) is 0 Å². The Morgan fingerprint density at radius 3 is 1.06 bits per heavy atom. The minimum atomic E-state index is 0.0568. The van der Waals surface area contributed by atoms with Crippen LogP contribution in [0.4, 0.5) is 0 Å². The molecule has 0 amide bonds. The van der Waals surface area contributed by atoms with Crippen LogP contribution in [0, 0.1) is 34.5 Å². The SMILES string of the molecule is CCC1(CC2(CCC3(CC4(CC)CC5CCC4C5)c4ccccc4-c4ccccc43)c3ccccc3-c3ccccc32)CC2CCC1C2. The fourth-order valence-electron chi connectivity index (χ4n) is 14.2. The molecule has 0 nitrogen and oxygen atoms in total. The molecule has 6 unspecified atom stereocenters. The maximum atomic E-state index is 2.55. The number of hydrogen-bond acceptors (Lipinski definition) is 0. The van der Waals surface area contributed by atoms with Crippen LogP contribution < -0.4 is 0 Å². The summed E-state index contributed by atoms with van der Waals surface area (Å²) < 4.78 is 0. The predicted octanol–water partition coefficient (Wildman–Crippen LogP) is 12.9. The summed E-state index contributed by atoms with van der Waals surface area (Å²) in [6.07, 6.45) is 19.6. The number of hydrogen-bond donors (Lipinski definition) is 0. The summed E-state index contributed by atoms with van der Waals surface area (Å²) in [4.78, 5) is 0. The van der Waals surface area contributed by atoms with Crippen molar-refractivity contribution in [2.45, 2.75) is 115 Å². The van der Waals surface area contributed by atoms with E-state index >= 15 is 0 Å². The molecule has 6 aliphatic carbocycles. The Kier molecular flexibility index (Phi) is 6.63. The molecule has 4 saturated carbocycles. The van der Waals surface area contributed by atoms with Crippen LogP contribution in [0.3, 0.4) is 0 Å². The van der Waals surface area contributed by atoms with Gasteiger partial charge < -0.3 is 0 Å². The van der Waals surface area contributed by atoms with E-state index in [1.54, 1.807) is 22.3 Å². The molecule has 4 fully saturated rings. The highest BCUT2D eigenvalue weighted by molar-refractivity contribution is 5.83. The maximum Gasteiger partial charge on any atom is 0.0221 e. The fourth-order valence-corrected chi connectivity index (χ4v) is 14.2. The first-order chi connectivity index (χ1) is 23.5. The van der Waals surface area contributed by atoms with E-state index in [0.29, 0.717) is 10.8 Å². The molecular weight excluding hydrogens is 577 g/mol. The lowest BCUT2D eigenvalue weighted by Crippen LogP contribution is -2.42. The lowest BCUT2D eigenvalue weighted by atomic mass is 9.55. The van der Waals surface area contributed by atoms with Crippen LogP contribution in [-0.4, -0.2) is 0 Å². The van der Waals surface area contributed by atoms with E-state index in [1.165, 1.54) is 112 Å². The van der Waals surface area contributed by atoms with Gasteiger partial charge in [-0.05, 0) is 143 Å². The Morgan fingerprint density at radius 2 is 0.792 bits per heavy atom. The average Bonchev–Trinajstić information content (AvgIpc) is 4.00. The summed E-state index contributed by atoms with van der Waals surface area (Å²) in [5.41, 5.74) is 13.7. The zero-order valence-electron chi connectivity index (χ0n) is 29.4. The van der Waals surface area contributed by atoms with Gasteiger partial charge in [0.2, 0.25) is 0 Å². The van der Waals surface area contributed by atoms with Crippen LogP contribution in [0.1, 0.15) is 126 Å². The summed E-state index contributed by atoms with van der Waals surface area (Å²) in [6.45, 7) is 5.10. The third kappa shape index (κ3) is 3.96. The number of fused-ring (bicyclic) bond motifs is 10. The van der Waals surface area contributed by atoms with Gasteiger partial charge in [-0.3, -0.25) is 0 Å². The molecule has 0 aliphatic heterocycles. The Morgan fingerprint density at radius 1 is 0.458 bits per heavy atom. The standard InChI is InChI=1S/C48H54/c1-3-45(29-33-21-23-35(45)27-33)31-47(41-17-9-5-13-37(41)38-14-6-10-18-42(38)47)25-26-48(32-46(4-2)30-34-22-24-36(46)28-34)43-19-11-7-15-39(43)40-16-8-12-20-44(40)48/h5-20,33-36H,3-4,21-32H2,1-2H3. The van der Waals surface area contributed by atoms with E-state index in [-0.39, 0.29) is 10.8 Å². The van der Waals surface area contributed by atoms with Crippen LogP contribution in [-0.2, 0) is 10.8 Å². The summed E-state index contributed by atoms with van der Waals surface area (Å²) in [5.74, 6) is 3.73. The third-order valence-electron chi connectivity index (χ3n) is 16.3. The van der Waals surface area contributed by atoms with Crippen LogP contribution in [0.15, 0.2) is 97.1 Å². The molecule has 4 aromatic carbocycles. The topological polar surface area (TPSA) is 0 Å². The van der Waals surface area contributed by atoms with Gasteiger partial charge >= 0.3 is 0 Å². The molecule has 4 aromatic rings. The van der Waals surface area contributed by atoms with E-state index in [0.717, 1.165) is 23.7 Å². The quantitative estimate of drug-likeness (QED) is 0.173. The van der Waals surface area contributed by atoms with Gasteiger partial charge in [0, 0.05) is 10.8 Å². The van der Waals surface area contributed by atoms with Crippen molar-refractivity contribution < 1.29 is 0 Å². The molecule has 4 bridgehead atoms. The van der Waals surface area contributed by atoms with E-state index < -0.39 is 0 Å². The largest absolute Gasteiger partial charge is 0.0648 e. The molecular formula is C48H54. The smallest absolute Gasteiger partial charge is 0.0221 e. The van der Waals surface area contributed by atoms with Crippen molar-refractivity contribution in [2.24, 2.45) is 34.5 Å². The Hall–Kier alpha value is -3.12. The van der Waals surface area contributed by atoms with Crippen LogP contribution in [0.5, 0.6) is 0 Å². The van der Waals surface area contributed by atoms with E-state index in [1.807, 2.05) is 0 Å². The van der Waals surface area contributed by atoms with Crippen molar-refractivity contribution in [2.75, 3.05) is 0 Å². The molecule has 0 spiro atoms. The second-order valence-electron chi connectivity index (χ2n) is 17.8. The highest BCUT2D eigenvalue weighted by Gasteiger charge is 2.59. The van der Waals surface area contributed by atoms with Gasteiger partial charge in [-0.1, -0.05) is 137 Å². The first-order valence-corrected chi connectivity index (χ1v) is 19.9. The second-order valence-corrected chi connectivity index (χ2v) is 17.8. The predicted molar refractivity (Wildman–Crippen MR) is 200 cm³/mol. The highest BCUT2D eigenvalue weighted by Crippen LogP contribution is 2.69.